The fraction of sp³-hybridized carbons (Fsp3) is 0.133. The van der Waals surface area contributed by atoms with Crippen LogP contribution < -0.4 is 5.32 Å². The molecule has 0 aliphatic rings. The molecule has 0 fully saturated rings. The standard InChI is InChI=1S/C15H14IN3O/c1-19-9-8-17-15(19)14(13-7-4-10-20-13)18-12-6-3-2-5-11(12)16/h2-10,14,18H,1H3. The van der Waals surface area contributed by atoms with E-state index in [0.717, 1.165) is 20.8 Å². The Morgan fingerprint density at radius 3 is 2.75 bits per heavy atom. The number of aryl methyl sites for hydroxylation is 1. The number of furan rings is 1. The number of benzene rings is 1. The lowest BCUT2D eigenvalue weighted by atomic mass is 10.2. The minimum atomic E-state index is -0.110. The lowest BCUT2D eigenvalue weighted by Crippen LogP contribution is -2.16. The first-order valence-corrected chi connectivity index (χ1v) is 7.35. The number of nitrogens with zero attached hydrogens (tertiary/aromatic N) is 2. The molecule has 4 nitrogen and oxygen atoms in total. The highest BCUT2D eigenvalue weighted by atomic mass is 127. The van der Waals surface area contributed by atoms with E-state index in [1.54, 1.807) is 12.5 Å². The van der Waals surface area contributed by atoms with Crippen LogP contribution in [0.15, 0.2) is 59.5 Å². The number of para-hydroxylation sites is 1. The first-order valence-electron chi connectivity index (χ1n) is 6.27. The van der Waals surface area contributed by atoms with Gasteiger partial charge >= 0.3 is 0 Å². The van der Waals surface area contributed by atoms with E-state index in [1.165, 1.54) is 0 Å². The van der Waals surface area contributed by atoms with Crippen LogP contribution in [-0.2, 0) is 7.05 Å². The van der Waals surface area contributed by atoms with Crippen molar-refractivity contribution in [3.63, 3.8) is 0 Å². The van der Waals surface area contributed by atoms with Crippen molar-refractivity contribution in [1.29, 1.82) is 0 Å². The minimum absolute atomic E-state index is 0.110. The van der Waals surface area contributed by atoms with Crippen molar-refractivity contribution >= 4 is 28.3 Å². The van der Waals surface area contributed by atoms with Gasteiger partial charge in [-0.2, -0.15) is 0 Å². The second kappa shape index (κ2) is 5.70. The first-order chi connectivity index (χ1) is 9.75. The maximum atomic E-state index is 5.57. The van der Waals surface area contributed by atoms with Gasteiger partial charge in [-0.1, -0.05) is 12.1 Å². The third-order valence-electron chi connectivity index (χ3n) is 3.12. The fourth-order valence-electron chi connectivity index (χ4n) is 2.11. The summed E-state index contributed by atoms with van der Waals surface area (Å²) in [5.74, 6) is 1.76. The van der Waals surface area contributed by atoms with Gasteiger partial charge in [0.05, 0.1) is 6.26 Å². The van der Waals surface area contributed by atoms with E-state index >= 15 is 0 Å². The smallest absolute Gasteiger partial charge is 0.143 e. The summed E-state index contributed by atoms with van der Waals surface area (Å²) in [4.78, 5) is 4.44. The summed E-state index contributed by atoms with van der Waals surface area (Å²) in [6.07, 6.45) is 5.41. The van der Waals surface area contributed by atoms with Crippen molar-refractivity contribution in [2.75, 3.05) is 5.32 Å². The minimum Gasteiger partial charge on any atom is -0.467 e. The van der Waals surface area contributed by atoms with Crippen molar-refractivity contribution in [2.45, 2.75) is 6.04 Å². The highest BCUT2D eigenvalue weighted by Crippen LogP contribution is 2.28. The molecule has 1 N–H and O–H groups in total. The molecule has 1 unspecified atom stereocenters. The van der Waals surface area contributed by atoms with E-state index in [0.29, 0.717) is 0 Å². The highest BCUT2D eigenvalue weighted by molar-refractivity contribution is 14.1. The molecular weight excluding hydrogens is 365 g/mol. The lowest BCUT2D eigenvalue weighted by Gasteiger charge is -2.18. The van der Waals surface area contributed by atoms with Crippen LogP contribution in [0.1, 0.15) is 17.6 Å². The summed E-state index contributed by atoms with van der Waals surface area (Å²) < 4.78 is 8.73. The van der Waals surface area contributed by atoms with E-state index in [2.05, 4.69) is 45.0 Å². The molecule has 0 aliphatic carbocycles. The summed E-state index contributed by atoms with van der Waals surface area (Å²) in [6.45, 7) is 0. The van der Waals surface area contributed by atoms with Crippen molar-refractivity contribution in [2.24, 2.45) is 7.05 Å². The SMILES string of the molecule is Cn1ccnc1C(Nc1ccccc1I)c1ccco1. The van der Waals surface area contributed by atoms with Gasteiger partial charge in [0.1, 0.15) is 17.6 Å². The Labute approximate surface area is 131 Å². The Morgan fingerprint density at radius 1 is 1.25 bits per heavy atom. The molecule has 3 aromatic rings. The number of rotatable bonds is 4. The number of imidazole rings is 1. The van der Waals surface area contributed by atoms with Crippen molar-refractivity contribution in [3.05, 3.63) is 70.2 Å². The van der Waals surface area contributed by atoms with Gasteiger partial charge in [0.2, 0.25) is 0 Å². The molecule has 0 spiro atoms. The predicted molar refractivity (Wildman–Crippen MR) is 86.5 cm³/mol. The van der Waals surface area contributed by atoms with Crippen LogP contribution in [0.5, 0.6) is 0 Å². The zero-order valence-corrected chi connectivity index (χ0v) is 13.1. The largest absolute Gasteiger partial charge is 0.467 e. The van der Waals surface area contributed by atoms with Crippen LogP contribution in [0, 0.1) is 3.57 Å². The van der Waals surface area contributed by atoms with Crippen molar-refractivity contribution in [3.8, 4) is 0 Å². The van der Waals surface area contributed by atoms with E-state index in [1.807, 2.05) is 42.1 Å². The molecule has 5 heteroatoms. The van der Waals surface area contributed by atoms with Gasteiger partial charge in [-0.15, -0.1) is 0 Å². The topological polar surface area (TPSA) is 43.0 Å². The summed E-state index contributed by atoms with van der Waals surface area (Å²) in [6, 6.07) is 11.9. The number of halogens is 1. The molecule has 1 atom stereocenters. The van der Waals surface area contributed by atoms with Gasteiger partial charge in [0.25, 0.3) is 0 Å². The molecule has 2 heterocycles. The fourth-order valence-corrected chi connectivity index (χ4v) is 2.65. The van der Waals surface area contributed by atoms with Gasteiger partial charge in [-0.3, -0.25) is 0 Å². The first kappa shape index (κ1) is 13.2. The van der Waals surface area contributed by atoms with Gasteiger partial charge in [-0.05, 0) is 46.9 Å². The maximum absolute atomic E-state index is 5.57. The second-order valence-corrected chi connectivity index (χ2v) is 5.63. The van der Waals surface area contributed by atoms with Gasteiger partial charge < -0.3 is 14.3 Å². The van der Waals surface area contributed by atoms with Crippen LogP contribution in [0.2, 0.25) is 0 Å². The van der Waals surface area contributed by atoms with Crippen LogP contribution >= 0.6 is 22.6 Å². The number of hydrogen-bond donors (Lipinski definition) is 1. The Balaban J connectivity index is 1.99. The van der Waals surface area contributed by atoms with E-state index in [9.17, 15) is 0 Å². The third kappa shape index (κ3) is 2.58. The van der Waals surface area contributed by atoms with Gasteiger partial charge in [0, 0.05) is 28.7 Å². The predicted octanol–water partition coefficient (Wildman–Crippen LogP) is 3.82. The van der Waals surface area contributed by atoms with E-state index in [-0.39, 0.29) is 6.04 Å². The molecule has 0 saturated carbocycles. The van der Waals surface area contributed by atoms with Crippen LogP contribution in [-0.4, -0.2) is 9.55 Å². The van der Waals surface area contributed by atoms with Crippen molar-refractivity contribution < 1.29 is 4.42 Å². The zero-order valence-electron chi connectivity index (χ0n) is 11.0. The molecule has 102 valence electrons. The number of aromatic nitrogens is 2. The van der Waals surface area contributed by atoms with Crippen molar-refractivity contribution in [1.82, 2.24) is 9.55 Å². The average Bonchev–Trinajstić information content (AvgIpc) is 3.10. The summed E-state index contributed by atoms with van der Waals surface area (Å²) in [7, 11) is 1.98. The number of anilines is 1. The Kier molecular flexibility index (Phi) is 3.77. The van der Waals surface area contributed by atoms with E-state index in [4.69, 9.17) is 4.42 Å². The molecule has 0 radical (unpaired) electrons. The Bertz CT molecular complexity index is 691. The molecule has 2 aromatic heterocycles. The zero-order chi connectivity index (χ0) is 13.9. The average molecular weight is 379 g/mol. The molecule has 0 aliphatic heterocycles. The quantitative estimate of drug-likeness (QED) is 0.701. The molecule has 20 heavy (non-hydrogen) atoms. The third-order valence-corrected chi connectivity index (χ3v) is 4.06. The molecule has 1 aromatic carbocycles. The van der Waals surface area contributed by atoms with Gasteiger partial charge in [0.15, 0.2) is 0 Å². The van der Waals surface area contributed by atoms with Crippen LogP contribution in [0.4, 0.5) is 5.69 Å². The van der Waals surface area contributed by atoms with Gasteiger partial charge in [-0.25, -0.2) is 4.98 Å². The second-order valence-electron chi connectivity index (χ2n) is 4.47. The number of hydrogen-bond acceptors (Lipinski definition) is 3. The van der Waals surface area contributed by atoms with Crippen LogP contribution in [0.25, 0.3) is 0 Å². The lowest BCUT2D eigenvalue weighted by molar-refractivity contribution is 0.488. The van der Waals surface area contributed by atoms with E-state index < -0.39 is 0 Å². The molecule has 3 rings (SSSR count). The summed E-state index contributed by atoms with van der Waals surface area (Å²) in [5, 5.41) is 3.51. The Hall–Kier alpha value is -1.76. The molecule has 0 amide bonds. The maximum Gasteiger partial charge on any atom is 0.143 e. The normalized spacial score (nSPS) is 12.3. The van der Waals surface area contributed by atoms with Crippen LogP contribution in [0.3, 0.4) is 0 Å². The Morgan fingerprint density at radius 2 is 2.10 bits per heavy atom. The highest BCUT2D eigenvalue weighted by Gasteiger charge is 2.21. The monoisotopic (exact) mass is 379 g/mol. The summed E-state index contributed by atoms with van der Waals surface area (Å²) >= 11 is 2.32. The molecule has 0 bridgehead atoms. The molecule has 0 saturated heterocycles. The molecular formula is C15H14IN3O. The number of nitrogens with one attached hydrogen (secondary N) is 1. The summed E-state index contributed by atoms with van der Waals surface area (Å²) in [5.41, 5.74) is 1.07.